The average Bonchev–Trinajstić information content (AvgIpc) is 3.36. The summed E-state index contributed by atoms with van der Waals surface area (Å²) in [6.07, 6.45) is 12.4. The molecular weight excluding hydrogens is 632 g/mol. The van der Waals surface area contributed by atoms with Gasteiger partial charge < -0.3 is 25.0 Å². The van der Waals surface area contributed by atoms with Gasteiger partial charge >= 0.3 is 5.97 Å². The van der Waals surface area contributed by atoms with E-state index >= 15 is 0 Å². The van der Waals surface area contributed by atoms with Crippen LogP contribution >= 0.6 is 11.6 Å². The summed E-state index contributed by atoms with van der Waals surface area (Å²) in [4.78, 5) is 28.0. The normalized spacial score (nSPS) is 28.6. The number of aliphatic hydroxyl groups is 2. The van der Waals surface area contributed by atoms with Crippen molar-refractivity contribution >= 4 is 33.3 Å². The van der Waals surface area contributed by atoms with Gasteiger partial charge in [-0.25, -0.2) is 8.42 Å². The molecule has 2 heterocycles. The molecule has 0 aliphatic carbocycles. The minimum Gasteiger partial charge on any atom is -0.456 e. The van der Waals surface area contributed by atoms with Gasteiger partial charge in [-0.2, -0.15) is 0 Å². The number of carbonyl (C=O) groups excluding carboxylic acids is 2. The van der Waals surface area contributed by atoms with Crippen molar-refractivity contribution < 1.29 is 37.7 Å². The lowest BCUT2D eigenvalue weighted by atomic mass is 9.92. The molecule has 0 aromatic rings. The van der Waals surface area contributed by atoms with Crippen LogP contribution in [-0.4, -0.2) is 103 Å². The maximum atomic E-state index is 13.3. The van der Waals surface area contributed by atoms with Crippen molar-refractivity contribution in [1.29, 1.82) is 0 Å². The number of ether oxygens (including phenoxy) is 2. The van der Waals surface area contributed by atoms with E-state index in [4.69, 9.17) is 21.1 Å². The first-order valence-electron chi connectivity index (χ1n) is 17.9. The number of sulfone groups is 1. The molecule has 2 rings (SSSR count). The number of esters is 1. The second-order valence-electron chi connectivity index (χ2n) is 13.8. The smallest absolute Gasteiger partial charge is 0.306 e. The van der Waals surface area contributed by atoms with E-state index in [1.54, 1.807) is 6.92 Å². The summed E-state index contributed by atoms with van der Waals surface area (Å²) in [5.41, 5.74) is -1.73. The minimum atomic E-state index is -4.02. The van der Waals surface area contributed by atoms with Crippen LogP contribution < -0.4 is 5.32 Å². The van der Waals surface area contributed by atoms with E-state index in [-0.39, 0.29) is 12.3 Å². The summed E-state index contributed by atoms with van der Waals surface area (Å²) < 4.78 is 36.9. The van der Waals surface area contributed by atoms with Gasteiger partial charge in [0.05, 0.1) is 17.5 Å². The standard InChI is InChI=1S/C34H63ClN2O8S/c1-6-8-9-10-11-12-13-14-15-16-17-18-19-21-27(38)44-32-30(40)29(39)31(45-34(32)46(5,42)43)28(24(3)35)36-33(41)26-22-25(20-7-2)23-37(26)4/h24-26,28-32,34,39-40H,6-23H2,1-5H3,(H,36,41)/t24?,25-,26+,28-,29-,30+,31-,32-,34-/m1/s1. The molecule has 2 aliphatic rings. The van der Waals surface area contributed by atoms with Crippen LogP contribution in [0.4, 0.5) is 0 Å². The third-order valence-electron chi connectivity index (χ3n) is 9.55. The van der Waals surface area contributed by atoms with Crippen LogP contribution in [0.15, 0.2) is 0 Å². The first-order valence-corrected chi connectivity index (χ1v) is 20.2. The number of halogens is 1. The molecule has 10 nitrogen and oxygen atoms in total. The fourth-order valence-corrected chi connectivity index (χ4v) is 8.12. The molecule has 2 saturated heterocycles. The Morgan fingerprint density at radius 2 is 1.48 bits per heavy atom. The van der Waals surface area contributed by atoms with Crippen molar-refractivity contribution in [2.24, 2.45) is 5.92 Å². The van der Waals surface area contributed by atoms with Gasteiger partial charge in [-0.05, 0) is 39.2 Å². The van der Waals surface area contributed by atoms with Gasteiger partial charge in [0.15, 0.2) is 21.4 Å². The molecule has 46 heavy (non-hydrogen) atoms. The number of nitrogens with one attached hydrogen (secondary N) is 1. The Labute approximate surface area is 283 Å². The van der Waals surface area contributed by atoms with Crippen LogP contribution in [0.1, 0.15) is 130 Å². The van der Waals surface area contributed by atoms with Gasteiger partial charge in [0.2, 0.25) is 5.91 Å². The molecule has 2 aliphatic heterocycles. The molecule has 1 amide bonds. The van der Waals surface area contributed by atoms with Gasteiger partial charge in [-0.15, -0.1) is 11.6 Å². The van der Waals surface area contributed by atoms with Gasteiger partial charge in [0.25, 0.3) is 0 Å². The molecule has 12 heteroatoms. The Kier molecular flexibility index (Phi) is 19.0. The van der Waals surface area contributed by atoms with Crippen molar-refractivity contribution in [2.75, 3.05) is 19.8 Å². The van der Waals surface area contributed by atoms with E-state index in [1.807, 2.05) is 11.9 Å². The van der Waals surface area contributed by atoms with Crippen molar-refractivity contribution in [3.63, 3.8) is 0 Å². The van der Waals surface area contributed by atoms with Crippen LogP contribution in [0, 0.1) is 5.92 Å². The molecule has 0 bridgehead atoms. The third-order valence-corrected chi connectivity index (χ3v) is 11.0. The highest BCUT2D eigenvalue weighted by Gasteiger charge is 2.53. The summed E-state index contributed by atoms with van der Waals surface area (Å²) in [6.45, 7) is 6.73. The number of carbonyl (C=O) groups is 2. The Balaban J connectivity index is 1.87. The number of nitrogens with zero attached hydrogens (tertiary/aromatic N) is 1. The summed E-state index contributed by atoms with van der Waals surface area (Å²) in [6, 6.07) is -1.41. The Morgan fingerprint density at radius 3 is 1.98 bits per heavy atom. The van der Waals surface area contributed by atoms with Crippen molar-refractivity contribution in [1.82, 2.24) is 10.2 Å². The van der Waals surface area contributed by atoms with Crippen molar-refractivity contribution in [2.45, 2.75) is 177 Å². The topological polar surface area (TPSA) is 142 Å². The van der Waals surface area contributed by atoms with Gasteiger partial charge in [-0.3, -0.25) is 14.5 Å². The molecular formula is C34H63ClN2O8S. The number of likely N-dealkylation sites (N-methyl/N-ethyl adjacent to an activating group) is 1. The number of unbranched alkanes of at least 4 members (excludes halogenated alkanes) is 12. The monoisotopic (exact) mass is 694 g/mol. The van der Waals surface area contributed by atoms with Crippen LogP contribution in [0.2, 0.25) is 0 Å². The van der Waals surface area contributed by atoms with Gasteiger partial charge in [-0.1, -0.05) is 97.3 Å². The lowest BCUT2D eigenvalue weighted by molar-refractivity contribution is -0.220. The SMILES string of the molecule is CCCCCCCCCCCCCCCC(=O)O[C@@H]1[C@@H](O)[C@@H](O)[C@@H]([C@H](NC(=O)[C@@H]2C[C@@H](CCC)CN2C)C(C)Cl)O[C@@H]1S(C)(=O)=O. The van der Waals surface area contributed by atoms with E-state index in [0.717, 1.165) is 44.9 Å². The fourth-order valence-electron chi connectivity index (χ4n) is 6.88. The zero-order valence-corrected chi connectivity index (χ0v) is 30.6. The Morgan fingerprint density at radius 1 is 0.935 bits per heavy atom. The quantitative estimate of drug-likeness (QED) is 0.0801. The first kappa shape index (κ1) is 41.2. The van der Waals surface area contributed by atoms with E-state index in [0.29, 0.717) is 18.8 Å². The fraction of sp³-hybridized carbons (Fsp3) is 0.941. The minimum absolute atomic E-state index is 0.0717. The summed E-state index contributed by atoms with van der Waals surface area (Å²) in [5, 5.41) is 24.2. The highest BCUT2D eigenvalue weighted by atomic mass is 35.5. The third kappa shape index (κ3) is 13.5. The number of likely N-dealkylation sites (tertiary alicyclic amines) is 1. The number of hydrogen-bond donors (Lipinski definition) is 3. The maximum absolute atomic E-state index is 13.3. The number of aliphatic hydroxyl groups excluding tert-OH is 2. The van der Waals surface area contributed by atoms with E-state index in [9.17, 15) is 28.2 Å². The summed E-state index contributed by atoms with van der Waals surface area (Å²) in [5.74, 6) is -0.566. The maximum Gasteiger partial charge on any atom is 0.306 e. The largest absolute Gasteiger partial charge is 0.456 e. The average molecular weight is 695 g/mol. The summed E-state index contributed by atoms with van der Waals surface area (Å²) in [7, 11) is -2.14. The molecule has 0 saturated carbocycles. The number of rotatable bonds is 22. The highest BCUT2D eigenvalue weighted by Crippen LogP contribution is 2.31. The predicted octanol–water partition coefficient (Wildman–Crippen LogP) is 5.10. The zero-order chi connectivity index (χ0) is 34.3. The van der Waals surface area contributed by atoms with Crippen LogP contribution in [0.3, 0.4) is 0 Å². The molecule has 0 aromatic carbocycles. The molecule has 0 radical (unpaired) electrons. The molecule has 0 aromatic heterocycles. The number of hydrogen-bond acceptors (Lipinski definition) is 9. The Hall–Kier alpha value is -0.980. The van der Waals surface area contributed by atoms with Gasteiger partial charge in [0.1, 0.15) is 18.3 Å². The van der Waals surface area contributed by atoms with Crippen LogP contribution in [0.25, 0.3) is 0 Å². The summed E-state index contributed by atoms with van der Waals surface area (Å²) >= 11 is 6.45. The number of amides is 1. The first-order chi connectivity index (χ1) is 21.8. The van der Waals surface area contributed by atoms with E-state index in [2.05, 4.69) is 19.2 Å². The number of alkyl halides is 1. The highest BCUT2D eigenvalue weighted by molar-refractivity contribution is 7.91. The molecule has 3 N–H and O–H groups in total. The molecule has 2 fully saturated rings. The lowest BCUT2D eigenvalue weighted by Gasteiger charge is -2.44. The van der Waals surface area contributed by atoms with Crippen LogP contribution in [-0.2, 0) is 28.9 Å². The molecule has 0 spiro atoms. The predicted molar refractivity (Wildman–Crippen MR) is 182 cm³/mol. The molecule has 9 atom stereocenters. The van der Waals surface area contributed by atoms with Gasteiger partial charge in [0, 0.05) is 19.2 Å². The van der Waals surface area contributed by atoms with Crippen LogP contribution in [0.5, 0.6) is 0 Å². The van der Waals surface area contributed by atoms with E-state index < -0.39 is 63.1 Å². The lowest BCUT2D eigenvalue weighted by Crippen LogP contribution is -2.67. The second-order valence-corrected chi connectivity index (χ2v) is 16.6. The Bertz CT molecular complexity index is 1000. The molecule has 1 unspecified atom stereocenters. The molecule has 270 valence electrons. The van der Waals surface area contributed by atoms with E-state index in [1.165, 1.54) is 57.8 Å². The van der Waals surface area contributed by atoms with Crippen molar-refractivity contribution in [3.05, 3.63) is 0 Å². The zero-order valence-electron chi connectivity index (χ0n) is 29.0. The van der Waals surface area contributed by atoms with Crippen molar-refractivity contribution in [3.8, 4) is 0 Å². The second kappa shape index (κ2) is 21.2.